The van der Waals surface area contributed by atoms with Gasteiger partial charge in [0.25, 0.3) is 0 Å². The van der Waals surface area contributed by atoms with Gasteiger partial charge in [-0.3, -0.25) is 4.79 Å². The number of fused-ring (bicyclic) bond motifs is 1. The Morgan fingerprint density at radius 3 is 1.84 bits per heavy atom. The first-order valence-corrected chi connectivity index (χ1v) is 11.0. The molecule has 32 heavy (non-hydrogen) atoms. The molecule has 0 heterocycles. The second-order valence-corrected chi connectivity index (χ2v) is 8.22. The van der Waals surface area contributed by atoms with Crippen LogP contribution in [0.3, 0.4) is 0 Å². The van der Waals surface area contributed by atoms with Crippen LogP contribution in [0.5, 0.6) is 0 Å². The van der Waals surface area contributed by atoms with Gasteiger partial charge in [0.15, 0.2) is 0 Å². The summed E-state index contributed by atoms with van der Waals surface area (Å²) < 4.78 is 11.0. The zero-order valence-electron chi connectivity index (χ0n) is 17.9. The fourth-order valence-corrected chi connectivity index (χ4v) is 5.27. The first kappa shape index (κ1) is 20.3. The summed E-state index contributed by atoms with van der Waals surface area (Å²) in [4.78, 5) is 26.0. The van der Waals surface area contributed by atoms with E-state index >= 15 is 0 Å². The SMILES string of the molecule is CCOC(=O)[C@@H]1[C@H]2c3ccccc3[C@H](c3ccccc32)[C@@H]1NC(=O)OCc1ccccc1. The van der Waals surface area contributed by atoms with E-state index < -0.39 is 18.1 Å². The summed E-state index contributed by atoms with van der Waals surface area (Å²) in [6, 6.07) is 25.4. The van der Waals surface area contributed by atoms with Crippen molar-refractivity contribution in [2.24, 2.45) is 5.92 Å². The van der Waals surface area contributed by atoms with Gasteiger partial charge in [-0.15, -0.1) is 0 Å². The Morgan fingerprint density at radius 1 is 0.750 bits per heavy atom. The molecule has 0 fully saturated rings. The molecule has 5 heteroatoms. The van der Waals surface area contributed by atoms with Crippen molar-refractivity contribution in [1.29, 1.82) is 0 Å². The molecule has 3 aliphatic carbocycles. The summed E-state index contributed by atoms with van der Waals surface area (Å²) in [5, 5.41) is 3.03. The lowest BCUT2D eigenvalue weighted by Crippen LogP contribution is -2.55. The Bertz CT molecular complexity index is 1100. The van der Waals surface area contributed by atoms with Crippen molar-refractivity contribution in [3.63, 3.8) is 0 Å². The van der Waals surface area contributed by atoms with E-state index in [0.717, 1.165) is 27.8 Å². The topological polar surface area (TPSA) is 64.6 Å². The molecule has 2 bridgehead atoms. The Hall–Kier alpha value is -3.60. The maximum absolute atomic E-state index is 13.2. The number of amides is 1. The average Bonchev–Trinajstić information content (AvgIpc) is 2.83. The van der Waals surface area contributed by atoms with Crippen molar-refractivity contribution in [3.05, 3.63) is 107 Å². The standard InChI is InChI=1S/C27H25NO4/c1-2-31-26(29)24-22-18-12-6-8-14-20(18)23(21-15-9-7-13-19(21)22)25(24)28-27(30)32-16-17-10-4-3-5-11-17/h3-15,22-25H,2,16H2,1H3,(H,28,30)/t22-,23+,24-,25+/m1/s1. The van der Waals surface area contributed by atoms with Gasteiger partial charge in [0.1, 0.15) is 6.61 Å². The molecular weight excluding hydrogens is 402 g/mol. The molecule has 3 aromatic rings. The second kappa shape index (κ2) is 8.50. The van der Waals surface area contributed by atoms with E-state index in [1.807, 2.05) is 54.6 Å². The molecule has 0 saturated heterocycles. The molecule has 0 aliphatic heterocycles. The largest absolute Gasteiger partial charge is 0.466 e. The maximum Gasteiger partial charge on any atom is 0.407 e. The lowest BCUT2D eigenvalue weighted by Gasteiger charge is -2.49. The summed E-state index contributed by atoms with van der Waals surface area (Å²) in [5.41, 5.74) is 5.45. The second-order valence-electron chi connectivity index (χ2n) is 8.22. The highest BCUT2D eigenvalue weighted by Gasteiger charge is 2.53. The van der Waals surface area contributed by atoms with Gasteiger partial charge >= 0.3 is 12.1 Å². The van der Waals surface area contributed by atoms with Crippen molar-refractivity contribution in [3.8, 4) is 0 Å². The van der Waals surface area contributed by atoms with Crippen LogP contribution in [0.1, 0.15) is 46.6 Å². The number of carbonyl (C=O) groups is 2. The molecule has 162 valence electrons. The smallest absolute Gasteiger partial charge is 0.407 e. The van der Waals surface area contributed by atoms with Gasteiger partial charge in [0, 0.05) is 11.8 Å². The minimum atomic E-state index is -0.532. The van der Waals surface area contributed by atoms with E-state index in [4.69, 9.17) is 9.47 Å². The molecule has 5 nitrogen and oxygen atoms in total. The maximum atomic E-state index is 13.2. The molecule has 1 N–H and O–H groups in total. The van der Waals surface area contributed by atoms with Gasteiger partial charge in [-0.05, 0) is 34.7 Å². The number of carbonyl (C=O) groups excluding carboxylic acids is 2. The van der Waals surface area contributed by atoms with Crippen LogP contribution in [0.4, 0.5) is 4.79 Å². The first-order valence-electron chi connectivity index (χ1n) is 11.0. The predicted octanol–water partition coefficient (Wildman–Crippen LogP) is 4.75. The van der Waals surface area contributed by atoms with Gasteiger partial charge in [0.2, 0.25) is 0 Å². The van der Waals surface area contributed by atoms with Crippen molar-refractivity contribution < 1.29 is 19.1 Å². The van der Waals surface area contributed by atoms with Crippen LogP contribution in [-0.4, -0.2) is 24.7 Å². The van der Waals surface area contributed by atoms with Crippen LogP contribution >= 0.6 is 0 Å². The third kappa shape index (κ3) is 3.44. The average molecular weight is 428 g/mol. The van der Waals surface area contributed by atoms with Crippen LogP contribution in [0, 0.1) is 5.92 Å². The molecule has 0 saturated carbocycles. The lowest BCUT2D eigenvalue weighted by atomic mass is 9.56. The first-order chi connectivity index (χ1) is 15.7. The van der Waals surface area contributed by atoms with E-state index in [2.05, 4.69) is 29.6 Å². The third-order valence-electron chi connectivity index (χ3n) is 6.49. The molecule has 2 atom stereocenters. The van der Waals surface area contributed by atoms with E-state index in [-0.39, 0.29) is 24.4 Å². The predicted molar refractivity (Wildman–Crippen MR) is 120 cm³/mol. The number of alkyl carbamates (subject to hydrolysis) is 1. The van der Waals surface area contributed by atoms with Gasteiger partial charge in [-0.25, -0.2) is 4.79 Å². The van der Waals surface area contributed by atoms with Gasteiger partial charge in [0.05, 0.1) is 18.6 Å². The number of ether oxygens (including phenoxy) is 2. The van der Waals surface area contributed by atoms with Gasteiger partial charge in [-0.1, -0.05) is 78.9 Å². The van der Waals surface area contributed by atoms with Gasteiger partial charge < -0.3 is 14.8 Å². The zero-order chi connectivity index (χ0) is 22.1. The van der Waals surface area contributed by atoms with E-state index in [1.54, 1.807) is 6.92 Å². The lowest BCUT2D eigenvalue weighted by molar-refractivity contribution is -0.150. The Kier molecular flexibility index (Phi) is 5.39. The summed E-state index contributed by atoms with van der Waals surface area (Å²) in [7, 11) is 0. The molecule has 0 unspecified atom stereocenters. The number of hydrogen-bond acceptors (Lipinski definition) is 4. The number of hydrogen-bond donors (Lipinski definition) is 1. The minimum absolute atomic E-state index is 0.147. The Balaban J connectivity index is 1.50. The van der Waals surface area contributed by atoms with E-state index in [9.17, 15) is 9.59 Å². The van der Waals surface area contributed by atoms with Crippen molar-refractivity contribution >= 4 is 12.1 Å². The van der Waals surface area contributed by atoms with Crippen LogP contribution in [0.2, 0.25) is 0 Å². The quantitative estimate of drug-likeness (QED) is 0.597. The van der Waals surface area contributed by atoms with Crippen molar-refractivity contribution in [2.45, 2.75) is 31.4 Å². The molecule has 1 amide bonds. The molecular formula is C27H25NO4. The number of rotatable bonds is 5. The monoisotopic (exact) mass is 427 g/mol. The minimum Gasteiger partial charge on any atom is -0.466 e. The van der Waals surface area contributed by atoms with Gasteiger partial charge in [-0.2, -0.15) is 0 Å². The highest BCUT2D eigenvalue weighted by Crippen LogP contribution is 2.55. The number of nitrogens with one attached hydrogen (secondary N) is 1. The summed E-state index contributed by atoms with van der Waals surface area (Å²) >= 11 is 0. The molecule has 0 radical (unpaired) electrons. The molecule has 3 aliphatic rings. The normalized spacial score (nSPS) is 22.4. The van der Waals surface area contributed by atoms with Crippen LogP contribution in [0.25, 0.3) is 0 Å². The fourth-order valence-electron chi connectivity index (χ4n) is 5.27. The number of esters is 1. The fraction of sp³-hybridized carbons (Fsp3) is 0.259. The Morgan fingerprint density at radius 2 is 1.28 bits per heavy atom. The third-order valence-corrected chi connectivity index (χ3v) is 6.49. The summed E-state index contributed by atoms with van der Waals surface area (Å²) in [6.07, 6.45) is -0.532. The van der Waals surface area contributed by atoms with Crippen molar-refractivity contribution in [2.75, 3.05) is 6.61 Å². The highest BCUT2D eigenvalue weighted by molar-refractivity contribution is 5.81. The van der Waals surface area contributed by atoms with E-state index in [0.29, 0.717) is 6.61 Å². The molecule has 6 rings (SSSR count). The molecule has 0 spiro atoms. The molecule has 0 aromatic heterocycles. The van der Waals surface area contributed by atoms with Crippen LogP contribution in [-0.2, 0) is 20.9 Å². The van der Waals surface area contributed by atoms with Crippen LogP contribution in [0.15, 0.2) is 78.9 Å². The summed E-state index contributed by atoms with van der Waals surface area (Å²) in [6.45, 7) is 2.27. The van der Waals surface area contributed by atoms with E-state index in [1.165, 1.54) is 0 Å². The summed E-state index contributed by atoms with van der Waals surface area (Å²) in [5.74, 6) is -1.13. The molecule has 3 aromatic carbocycles. The zero-order valence-corrected chi connectivity index (χ0v) is 17.9. The number of benzene rings is 3. The van der Waals surface area contributed by atoms with Crippen molar-refractivity contribution in [1.82, 2.24) is 5.32 Å². The highest BCUT2D eigenvalue weighted by atomic mass is 16.5. The van der Waals surface area contributed by atoms with Crippen LogP contribution < -0.4 is 5.32 Å². The Labute approximate surface area is 187 Å².